The lowest BCUT2D eigenvalue weighted by Gasteiger charge is -2.37. The number of aromatic nitrogens is 2. The molecule has 1 aliphatic rings. The molecular formula is C27H31N5O2. The molecule has 0 bridgehead atoms. The Morgan fingerprint density at radius 1 is 0.941 bits per heavy atom. The first-order valence-corrected chi connectivity index (χ1v) is 12.0. The first-order valence-electron chi connectivity index (χ1n) is 12.0. The van der Waals surface area contributed by atoms with Crippen molar-refractivity contribution < 1.29 is 9.53 Å². The van der Waals surface area contributed by atoms with E-state index in [1.807, 2.05) is 42.5 Å². The quantitative estimate of drug-likeness (QED) is 0.459. The number of rotatable bonds is 8. The molecule has 4 rings (SSSR count). The van der Waals surface area contributed by atoms with Crippen molar-refractivity contribution in [3.8, 4) is 6.07 Å². The van der Waals surface area contributed by atoms with E-state index in [1.165, 1.54) is 5.69 Å². The van der Waals surface area contributed by atoms with Crippen LogP contribution in [0.5, 0.6) is 0 Å². The van der Waals surface area contributed by atoms with Crippen molar-refractivity contribution in [3.05, 3.63) is 60.3 Å². The van der Waals surface area contributed by atoms with Gasteiger partial charge in [-0.25, -0.2) is 9.97 Å². The summed E-state index contributed by atoms with van der Waals surface area (Å²) in [6.07, 6.45) is 1.85. The van der Waals surface area contributed by atoms with Gasteiger partial charge in [0.2, 0.25) is 0 Å². The van der Waals surface area contributed by atoms with E-state index in [-0.39, 0.29) is 5.92 Å². The molecule has 7 nitrogen and oxygen atoms in total. The summed E-state index contributed by atoms with van der Waals surface area (Å²) in [4.78, 5) is 27.0. The Labute approximate surface area is 201 Å². The smallest absolute Gasteiger partial charge is 0.329 e. The number of para-hydroxylation sites is 3. The van der Waals surface area contributed by atoms with E-state index in [0.29, 0.717) is 23.6 Å². The molecule has 0 saturated carbocycles. The number of carbonyl (C=O) groups excluding carboxylic acids is 1. The van der Waals surface area contributed by atoms with Gasteiger partial charge in [0.15, 0.2) is 11.7 Å². The molecule has 1 atom stereocenters. The molecule has 1 aliphatic heterocycles. The number of nitrogens with zero attached hydrogens (tertiary/aromatic N) is 5. The van der Waals surface area contributed by atoms with Crippen molar-refractivity contribution in [1.82, 2.24) is 9.97 Å². The number of fused-ring (bicyclic) bond motifs is 1. The van der Waals surface area contributed by atoms with Crippen molar-refractivity contribution in [2.24, 2.45) is 5.92 Å². The number of ether oxygens (including phenoxy) is 1. The van der Waals surface area contributed by atoms with Gasteiger partial charge in [-0.2, -0.15) is 5.26 Å². The molecule has 3 aromatic rings. The van der Waals surface area contributed by atoms with E-state index in [1.54, 1.807) is 0 Å². The number of hydrogen-bond acceptors (Lipinski definition) is 7. The molecule has 0 amide bonds. The lowest BCUT2D eigenvalue weighted by atomic mass is 10.0. The number of nitriles is 1. The number of piperazine rings is 1. The van der Waals surface area contributed by atoms with E-state index in [4.69, 9.17) is 14.7 Å². The van der Waals surface area contributed by atoms with Gasteiger partial charge in [-0.05, 0) is 30.2 Å². The van der Waals surface area contributed by atoms with E-state index < -0.39 is 11.9 Å². The molecule has 0 aliphatic carbocycles. The average molecular weight is 458 g/mol. The number of hydrogen-bond donors (Lipinski definition) is 0. The first-order chi connectivity index (χ1) is 16.6. The van der Waals surface area contributed by atoms with Crippen LogP contribution in [0.2, 0.25) is 0 Å². The van der Waals surface area contributed by atoms with Gasteiger partial charge in [0.25, 0.3) is 0 Å². The van der Waals surface area contributed by atoms with Crippen LogP contribution in [-0.4, -0.2) is 48.7 Å². The van der Waals surface area contributed by atoms with Crippen molar-refractivity contribution in [1.29, 1.82) is 5.26 Å². The van der Waals surface area contributed by atoms with Crippen LogP contribution in [0, 0.1) is 17.2 Å². The molecule has 0 spiro atoms. The predicted molar refractivity (Wildman–Crippen MR) is 134 cm³/mol. The summed E-state index contributed by atoms with van der Waals surface area (Å²) in [6.45, 7) is 7.53. The minimum atomic E-state index is -1.12. The molecule has 34 heavy (non-hydrogen) atoms. The molecule has 1 unspecified atom stereocenters. The zero-order valence-electron chi connectivity index (χ0n) is 19.9. The lowest BCUT2D eigenvalue weighted by molar-refractivity contribution is -0.145. The maximum absolute atomic E-state index is 13.0. The van der Waals surface area contributed by atoms with E-state index in [9.17, 15) is 10.1 Å². The summed E-state index contributed by atoms with van der Waals surface area (Å²) in [5.74, 6) is -0.786. The Kier molecular flexibility index (Phi) is 7.58. The monoisotopic (exact) mass is 457 g/mol. The fourth-order valence-corrected chi connectivity index (χ4v) is 4.28. The van der Waals surface area contributed by atoms with Gasteiger partial charge in [-0.15, -0.1) is 0 Å². The molecular weight excluding hydrogens is 426 g/mol. The Morgan fingerprint density at radius 3 is 2.15 bits per heavy atom. The summed E-state index contributed by atoms with van der Waals surface area (Å²) < 4.78 is 5.57. The minimum absolute atomic E-state index is 0.288. The lowest BCUT2D eigenvalue weighted by Crippen LogP contribution is -2.47. The van der Waals surface area contributed by atoms with Crippen molar-refractivity contribution >= 4 is 28.5 Å². The Balaban J connectivity index is 1.61. The molecule has 1 fully saturated rings. The van der Waals surface area contributed by atoms with E-state index in [2.05, 4.69) is 41.8 Å². The molecule has 0 N–H and O–H groups in total. The van der Waals surface area contributed by atoms with Gasteiger partial charge in [0, 0.05) is 31.9 Å². The average Bonchev–Trinajstić information content (AvgIpc) is 2.90. The predicted octanol–water partition coefficient (Wildman–Crippen LogP) is 4.54. The van der Waals surface area contributed by atoms with Crippen LogP contribution < -0.4 is 9.80 Å². The van der Waals surface area contributed by atoms with Crippen molar-refractivity contribution in [3.63, 3.8) is 0 Å². The second-order valence-electron chi connectivity index (χ2n) is 8.61. The highest BCUT2D eigenvalue weighted by Crippen LogP contribution is 2.29. The number of esters is 1. The topological polar surface area (TPSA) is 82.3 Å². The van der Waals surface area contributed by atoms with Crippen LogP contribution in [0.3, 0.4) is 0 Å². The summed E-state index contributed by atoms with van der Waals surface area (Å²) in [5.41, 5.74) is 2.97. The third kappa shape index (κ3) is 5.12. The first kappa shape index (κ1) is 23.5. The minimum Gasteiger partial charge on any atom is -0.464 e. The van der Waals surface area contributed by atoms with Gasteiger partial charge in [0.05, 0.1) is 23.7 Å². The molecule has 0 radical (unpaired) electrons. The maximum atomic E-state index is 13.0. The highest BCUT2D eigenvalue weighted by Gasteiger charge is 2.31. The van der Waals surface area contributed by atoms with E-state index >= 15 is 0 Å². The Morgan fingerprint density at radius 2 is 1.53 bits per heavy atom. The third-order valence-corrected chi connectivity index (χ3v) is 6.53. The fourth-order valence-electron chi connectivity index (χ4n) is 4.28. The van der Waals surface area contributed by atoms with Gasteiger partial charge in [-0.3, -0.25) is 4.79 Å². The summed E-state index contributed by atoms with van der Waals surface area (Å²) in [5, 5.41) is 9.97. The summed E-state index contributed by atoms with van der Waals surface area (Å²) >= 11 is 0. The zero-order valence-corrected chi connectivity index (χ0v) is 19.9. The van der Waals surface area contributed by atoms with Crippen LogP contribution in [-0.2, 0) is 9.53 Å². The van der Waals surface area contributed by atoms with Crippen LogP contribution in [0.4, 0.5) is 11.5 Å². The Hall–Kier alpha value is -3.66. The van der Waals surface area contributed by atoms with Crippen molar-refractivity contribution in [2.75, 3.05) is 42.6 Å². The number of benzene rings is 2. The summed E-state index contributed by atoms with van der Waals surface area (Å²) in [7, 11) is 0. The van der Waals surface area contributed by atoms with Gasteiger partial charge < -0.3 is 14.5 Å². The maximum Gasteiger partial charge on any atom is 0.329 e. The standard InChI is InChI=1S/C27H31N5O2/c1-3-20(4-2)19-34-27(33)22(18-28)25-26(30-24-13-9-8-12-23(24)29-25)32-16-14-31(15-17-32)21-10-6-5-7-11-21/h5-13,20,22H,3-4,14-17,19H2,1-2H3. The van der Waals surface area contributed by atoms with E-state index in [0.717, 1.165) is 44.5 Å². The van der Waals surface area contributed by atoms with Gasteiger partial charge in [-0.1, -0.05) is 57.0 Å². The van der Waals surface area contributed by atoms with Crippen LogP contribution >= 0.6 is 0 Å². The van der Waals surface area contributed by atoms with Crippen molar-refractivity contribution in [2.45, 2.75) is 32.6 Å². The van der Waals surface area contributed by atoms with Crippen LogP contribution in [0.15, 0.2) is 54.6 Å². The number of carbonyl (C=O) groups is 1. The SMILES string of the molecule is CCC(CC)COC(=O)C(C#N)c1nc2ccccc2nc1N1CCN(c2ccccc2)CC1. The fraction of sp³-hybridized carbons (Fsp3) is 0.407. The second-order valence-corrected chi connectivity index (χ2v) is 8.61. The highest BCUT2D eigenvalue weighted by molar-refractivity contribution is 5.85. The molecule has 176 valence electrons. The molecule has 2 heterocycles. The second kappa shape index (κ2) is 11.0. The van der Waals surface area contributed by atoms with Crippen LogP contribution in [0.25, 0.3) is 11.0 Å². The summed E-state index contributed by atoms with van der Waals surface area (Å²) in [6, 6.07) is 20.0. The molecule has 1 aromatic heterocycles. The normalized spacial score (nSPS) is 14.8. The molecule has 7 heteroatoms. The highest BCUT2D eigenvalue weighted by atomic mass is 16.5. The Bertz CT molecular complexity index is 1150. The molecule has 2 aromatic carbocycles. The van der Waals surface area contributed by atoms with Crippen LogP contribution in [0.1, 0.15) is 38.3 Å². The third-order valence-electron chi connectivity index (χ3n) is 6.53. The molecule has 1 saturated heterocycles. The largest absolute Gasteiger partial charge is 0.464 e. The van der Waals surface area contributed by atoms with Gasteiger partial charge >= 0.3 is 5.97 Å². The van der Waals surface area contributed by atoms with Gasteiger partial charge in [0.1, 0.15) is 5.69 Å². The zero-order chi connectivity index (χ0) is 23.9. The number of anilines is 2.